The molecule has 6 nitrogen and oxygen atoms in total. The highest BCUT2D eigenvalue weighted by molar-refractivity contribution is 7.81. The van der Waals surface area contributed by atoms with Crippen molar-refractivity contribution in [2.75, 3.05) is 52.7 Å². The molecule has 8 heteroatoms. The number of ether oxygens (including phenoxy) is 3. The van der Waals surface area contributed by atoms with Gasteiger partial charge in [0.05, 0.1) is 51.4 Å². The summed E-state index contributed by atoms with van der Waals surface area (Å²) < 4.78 is 29.2. The molecular formula is C15H31FN2O4S. The monoisotopic (exact) mass is 354 g/mol. The Balaban J connectivity index is 3.25. The molecule has 1 amide bonds. The number of thiol groups is 1. The fraction of sp³-hybridized carbons (Fsp3) is 0.933. The van der Waals surface area contributed by atoms with Gasteiger partial charge in [0.2, 0.25) is 5.91 Å². The lowest BCUT2D eigenvalue weighted by Gasteiger charge is -2.12. The number of carbonyl (C=O) groups is 1. The molecule has 0 heterocycles. The molecule has 0 aromatic heterocycles. The van der Waals surface area contributed by atoms with Gasteiger partial charge >= 0.3 is 0 Å². The summed E-state index contributed by atoms with van der Waals surface area (Å²) in [5, 5.41) is 5.25. The largest absolute Gasteiger partial charge is 0.378 e. The lowest BCUT2D eigenvalue weighted by molar-refractivity contribution is -0.120. The third kappa shape index (κ3) is 16.2. The van der Waals surface area contributed by atoms with Crippen LogP contribution in [0.25, 0.3) is 0 Å². The number of hydrogen-bond acceptors (Lipinski definition) is 6. The minimum Gasteiger partial charge on any atom is -0.378 e. The van der Waals surface area contributed by atoms with Crippen molar-refractivity contribution in [3.63, 3.8) is 0 Å². The van der Waals surface area contributed by atoms with Gasteiger partial charge in [-0.1, -0.05) is 13.8 Å². The van der Waals surface area contributed by atoms with Gasteiger partial charge in [0.1, 0.15) is 6.17 Å². The molecule has 0 aliphatic carbocycles. The molecule has 0 aromatic carbocycles. The molecule has 138 valence electrons. The van der Waals surface area contributed by atoms with Crippen molar-refractivity contribution in [1.29, 1.82) is 0 Å². The second kappa shape index (κ2) is 15.1. The Hall–Kier alpha value is -0.410. The summed E-state index contributed by atoms with van der Waals surface area (Å²) in [4.78, 5) is 11.2. The van der Waals surface area contributed by atoms with Crippen molar-refractivity contribution in [2.45, 2.75) is 38.2 Å². The molecule has 0 saturated heterocycles. The summed E-state index contributed by atoms with van der Waals surface area (Å²) in [5.41, 5.74) is 0. The van der Waals surface area contributed by atoms with E-state index in [-0.39, 0.29) is 19.1 Å². The molecule has 0 aliphatic rings. The minimum absolute atomic E-state index is 0.0666. The number of nitrogens with one attached hydrogen (secondary N) is 2. The Morgan fingerprint density at radius 1 is 1.04 bits per heavy atom. The summed E-state index contributed by atoms with van der Waals surface area (Å²) in [5.74, 6) is -0.289. The van der Waals surface area contributed by atoms with E-state index in [0.29, 0.717) is 39.1 Å². The smallest absolute Gasteiger partial charge is 0.232 e. The highest BCUT2D eigenvalue weighted by atomic mass is 32.1. The van der Waals surface area contributed by atoms with E-state index >= 15 is 0 Å². The van der Waals surface area contributed by atoms with Crippen LogP contribution in [0.15, 0.2) is 0 Å². The third-order valence-electron chi connectivity index (χ3n) is 2.72. The van der Waals surface area contributed by atoms with Gasteiger partial charge in [-0.05, 0) is 6.92 Å². The van der Waals surface area contributed by atoms with Crippen LogP contribution in [0, 0.1) is 0 Å². The fourth-order valence-corrected chi connectivity index (χ4v) is 1.58. The van der Waals surface area contributed by atoms with Crippen LogP contribution in [0.4, 0.5) is 4.39 Å². The summed E-state index contributed by atoms with van der Waals surface area (Å²) in [7, 11) is 0. The molecule has 2 atom stereocenters. The first-order chi connectivity index (χ1) is 10.9. The average molecular weight is 354 g/mol. The summed E-state index contributed by atoms with van der Waals surface area (Å²) in [6.07, 6.45) is -1.23. The predicted molar refractivity (Wildman–Crippen MR) is 91.9 cm³/mol. The van der Waals surface area contributed by atoms with Crippen molar-refractivity contribution in [3.05, 3.63) is 0 Å². The maximum absolute atomic E-state index is 13.4. The summed E-state index contributed by atoms with van der Waals surface area (Å²) in [6.45, 7) is 8.85. The molecule has 2 unspecified atom stereocenters. The zero-order chi connectivity index (χ0) is 17.5. The van der Waals surface area contributed by atoms with E-state index in [2.05, 4.69) is 37.1 Å². The Morgan fingerprint density at radius 3 is 2.17 bits per heavy atom. The first-order valence-electron chi connectivity index (χ1n) is 8.00. The van der Waals surface area contributed by atoms with Gasteiger partial charge in [0.15, 0.2) is 0 Å². The molecule has 0 bridgehead atoms. The van der Waals surface area contributed by atoms with E-state index in [9.17, 15) is 9.18 Å². The molecule has 0 saturated carbocycles. The van der Waals surface area contributed by atoms with Crippen LogP contribution in [0.2, 0.25) is 0 Å². The third-order valence-corrected chi connectivity index (χ3v) is 2.95. The van der Waals surface area contributed by atoms with Crippen molar-refractivity contribution < 1.29 is 23.4 Å². The van der Waals surface area contributed by atoms with E-state index in [0.717, 1.165) is 6.54 Å². The zero-order valence-corrected chi connectivity index (χ0v) is 15.2. The molecule has 23 heavy (non-hydrogen) atoms. The Morgan fingerprint density at radius 2 is 1.61 bits per heavy atom. The zero-order valence-electron chi connectivity index (χ0n) is 14.3. The highest BCUT2D eigenvalue weighted by Crippen LogP contribution is 1.94. The standard InChI is InChI=1S/C15H31FN2O4S/c1-12(2)17-4-5-20-6-7-21-8-9-22-11-14(16)10-18-15(19)13(3)23/h12-14,17,23H,4-11H2,1-3H3,(H,18,19). The molecule has 0 radical (unpaired) electrons. The van der Waals surface area contributed by atoms with Crippen LogP contribution < -0.4 is 10.6 Å². The van der Waals surface area contributed by atoms with Crippen molar-refractivity contribution in [3.8, 4) is 0 Å². The van der Waals surface area contributed by atoms with Crippen LogP contribution in [0.3, 0.4) is 0 Å². The first-order valence-corrected chi connectivity index (χ1v) is 8.51. The molecule has 0 rings (SSSR count). The number of hydrogen-bond donors (Lipinski definition) is 3. The van der Waals surface area contributed by atoms with Crippen molar-refractivity contribution in [1.82, 2.24) is 10.6 Å². The first kappa shape index (κ1) is 22.6. The normalized spacial score (nSPS) is 14.0. The Kier molecular flexibility index (Phi) is 14.9. The van der Waals surface area contributed by atoms with Crippen molar-refractivity contribution in [2.24, 2.45) is 0 Å². The van der Waals surface area contributed by atoms with Gasteiger partial charge in [0, 0.05) is 12.6 Å². The van der Waals surface area contributed by atoms with E-state index in [1.54, 1.807) is 6.92 Å². The average Bonchev–Trinajstić information content (AvgIpc) is 2.49. The van der Waals surface area contributed by atoms with E-state index in [1.807, 2.05) is 0 Å². The van der Waals surface area contributed by atoms with Gasteiger partial charge < -0.3 is 24.8 Å². The maximum atomic E-state index is 13.4. The van der Waals surface area contributed by atoms with E-state index in [4.69, 9.17) is 14.2 Å². The predicted octanol–water partition coefficient (Wildman–Crippen LogP) is 0.807. The molecule has 0 aliphatic heterocycles. The SMILES string of the molecule is CC(C)NCCOCCOCCOCC(F)CNC(=O)C(C)S. The van der Waals surface area contributed by atoms with E-state index < -0.39 is 11.4 Å². The second-order valence-electron chi connectivity index (χ2n) is 5.43. The van der Waals surface area contributed by atoms with Gasteiger partial charge in [-0.15, -0.1) is 0 Å². The maximum Gasteiger partial charge on any atom is 0.232 e. The van der Waals surface area contributed by atoms with E-state index in [1.165, 1.54) is 0 Å². The Bertz CT molecular complexity index is 297. The highest BCUT2D eigenvalue weighted by Gasteiger charge is 2.11. The number of carbonyl (C=O) groups excluding carboxylic acids is 1. The Labute approximate surface area is 144 Å². The van der Waals surface area contributed by atoms with Gasteiger partial charge in [0.25, 0.3) is 0 Å². The second-order valence-corrected chi connectivity index (χ2v) is 6.20. The fourth-order valence-electron chi connectivity index (χ4n) is 1.49. The molecule has 2 N–H and O–H groups in total. The van der Waals surface area contributed by atoms with Crippen LogP contribution in [0.1, 0.15) is 20.8 Å². The van der Waals surface area contributed by atoms with Crippen LogP contribution in [0.5, 0.6) is 0 Å². The summed E-state index contributed by atoms with van der Waals surface area (Å²) in [6, 6.07) is 0.459. The van der Waals surface area contributed by atoms with Crippen LogP contribution in [-0.2, 0) is 19.0 Å². The van der Waals surface area contributed by atoms with Crippen molar-refractivity contribution >= 4 is 18.5 Å². The van der Waals surface area contributed by atoms with Gasteiger partial charge in [-0.25, -0.2) is 4.39 Å². The minimum atomic E-state index is -1.23. The number of rotatable bonds is 15. The number of halogens is 1. The summed E-state index contributed by atoms with van der Waals surface area (Å²) >= 11 is 3.95. The van der Waals surface area contributed by atoms with Crippen LogP contribution >= 0.6 is 12.6 Å². The topological polar surface area (TPSA) is 68.8 Å². The van der Waals surface area contributed by atoms with Crippen LogP contribution in [-0.4, -0.2) is 76.1 Å². The number of alkyl halides is 1. The lowest BCUT2D eigenvalue weighted by Crippen LogP contribution is -2.36. The number of amides is 1. The molecule has 0 aromatic rings. The molecule has 0 fully saturated rings. The molecular weight excluding hydrogens is 323 g/mol. The van der Waals surface area contributed by atoms with Gasteiger partial charge in [-0.2, -0.15) is 12.6 Å². The quantitative estimate of drug-likeness (QED) is 0.300. The lowest BCUT2D eigenvalue weighted by atomic mass is 10.3. The molecule has 0 spiro atoms. The van der Waals surface area contributed by atoms with Gasteiger partial charge in [-0.3, -0.25) is 4.79 Å².